The van der Waals surface area contributed by atoms with Gasteiger partial charge in [0.15, 0.2) is 0 Å². The summed E-state index contributed by atoms with van der Waals surface area (Å²) in [5, 5.41) is 15.6. The van der Waals surface area contributed by atoms with Crippen LogP contribution in [0.2, 0.25) is 0 Å². The molecule has 0 heterocycles. The minimum Gasteiger partial charge on any atom is -0.478 e. The van der Waals surface area contributed by atoms with Gasteiger partial charge in [0.05, 0.1) is 0 Å². The van der Waals surface area contributed by atoms with Crippen LogP contribution in [0.5, 0.6) is 0 Å². The first-order valence-corrected chi connectivity index (χ1v) is 5.08. The summed E-state index contributed by atoms with van der Waals surface area (Å²) in [4.78, 5) is 19.1. The van der Waals surface area contributed by atoms with Gasteiger partial charge in [-0.15, -0.1) is 0 Å². The van der Waals surface area contributed by atoms with Gasteiger partial charge < -0.3 is 10.2 Å². The van der Waals surface area contributed by atoms with Crippen molar-refractivity contribution in [2.24, 2.45) is 0 Å². The lowest BCUT2D eigenvalue weighted by molar-refractivity contribution is -0.134. The van der Waals surface area contributed by atoms with Crippen LogP contribution in [0.25, 0.3) is 0 Å². The summed E-state index contributed by atoms with van der Waals surface area (Å²) >= 11 is 0. The molecule has 88 valence electrons. The van der Waals surface area contributed by atoms with E-state index in [1.165, 1.54) is 25.7 Å². The predicted octanol–water partition coefficient (Wildman–Crippen LogP) is 2.38. The molecule has 0 atom stereocenters. The quantitative estimate of drug-likeness (QED) is 0.706. The summed E-state index contributed by atoms with van der Waals surface area (Å²) in [6, 6.07) is 0. The van der Waals surface area contributed by atoms with Crippen molar-refractivity contribution in [2.45, 2.75) is 25.7 Å². The Kier molecular flexibility index (Phi) is 8.59. The molecule has 0 amide bonds. The van der Waals surface area contributed by atoms with Crippen LogP contribution < -0.4 is 0 Å². The van der Waals surface area contributed by atoms with Gasteiger partial charge in [-0.05, 0) is 25.7 Å². The van der Waals surface area contributed by atoms with Crippen LogP contribution >= 0.6 is 0 Å². The average Bonchev–Trinajstić information content (AvgIpc) is 2.14. The third-order valence-electron chi connectivity index (χ3n) is 1.74. The molecule has 0 unspecified atom stereocenters. The largest absolute Gasteiger partial charge is 0.478 e. The zero-order valence-electron chi connectivity index (χ0n) is 9.00. The molecule has 0 saturated heterocycles. The fourth-order valence-corrected chi connectivity index (χ4v) is 1.02. The Bertz CT molecular complexity index is 270. The number of allylic oxidation sites excluding steroid dienone is 4. The van der Waals surface area contributed by atoms with E-state index in [9.17, 15) is 9.59 Å². The van der Waals surface area contributed by atoms with E-state index in [4.69, 9.17) is 10.2 Å². The van der Waals surface area contributed by atoms with Crippen molar-refractivity contribution in [3.63, 3.8) is 0 Å². The maximum Gasteiger partial charge on any atom is 0.328 e. The zero-order valence-corrected chi connectivity index (χ0v) is 9.00. The Balaban J connectivity index is 0.000000281. The minimum atomic E-state index is -1.26. The average molecular weight is 224 g/mol. The molecule has 0 spiro atoms. The van der Waals surface area contributed by atoms with Crippen molar-refractivity contribution in [1.29, 1.82) is 0 Å². The number of hydrogen-bond acceptors (Lipinski definition) is 2. The van der Waals surface area contributed by atoms with Crippen LogP contribution in [0.15, 0.2) is 36.5 Å². The second-order valence-corrected chi connectivity index (χ2v) is 3.15. The lowest BCUT2D eigenvalue weighted by Crippen LogP contribution is -1.91. The Morgan fingerprint density at radius 2 is 1.25 bits per heavy atom. The number of rotatable bonds is 2. The zero-order chi connectivity index (χ0) is 12.2. The molecule has 0 saturated carbocycles. The van der Waals surface area contributed by atoms with Gasteiger partial charge in [0.25, 0.3) is 0 Å². The van der Waals surface area contributed by atoms with Crippen LogP contribution in [0.1, 0.15) is 25.7 Å². The van der Waals surface area contributed by atoms with Gasteiger partial charge in [-0.1, -0.05) is 24.3 Å². The molecular weight excluding hydrogens is 208 g/mol. The summed E-state index contributed by atoms with van der Waals surface area (Å²) in [5.41, 5.74) is 0. The van der Waals surface area contributed by atoms with E-state index in [-0.39, 0.29) is 0 Å². The van der Waals surface area contributed by atoms with Crippen molar-refractivity contribution in [2.75, 3.05) is 0 Å². The number of carboxylic acid groups (broad SMARTS) is 2. The van der Waals surface area contributed by atoms with Crippen LogP contribution in [-0.4, -0.2) is 22.2 Å². The predicted molar refractivity (Wildman–Crippen MR) is 61.2 cm³/mol. The van der Waals surface area contributed by atoms with E-state index in [1.807, 2.05) is 0 Å². The topological polar surface area (TPSA) is 74.6 Å². The van der Waals surface area contributed by atoms with Gasteiger partial charge in [-0.3, -0.25) is 0 Å². The number of hydrogen-bond donors (Lipinski definition) is 2. The molecule has 1 aliphatic rings. The lowest BCUT2D eigenvalue weighted by Gasteiger charge is -1.94. The van der Waals surface area contributed by atoms with Gasteiger partial charge in [-0.25, -0.2) is 9.59 Å². The summed E-state index contributed by atoms with van der Waals surface area (Å²) in [7, 11) is 0. The Morgan fingerprint density at radius 1 is 0.875 bits per heavy atom. The van der Waals surface area contributed by atoms with Crippen molar-refractivity contribution in [3.05, 3.63) is 36.5 Å². The van der Waals surface area contributed by atoms with Crippen LogP contribution in [0, 0.1) is 0 Å². The molecule has 1 aliphatic carbocycles. The molecule has 4 heteroatoms. The highest BCUT2D eigenvalue weighted by Crippen LogP contribution is 2.04. The summed E-state index contributed by atoms with van der Waals surface area (Å²) < 4.78 is 0. The Morgan fingerprint density at radius 3 is 1.56 bits per heavy atom. The van der Waals surface area contributed by atoms with Crippen molar-refractivity contribution < 1.29 is 19.8 Å². The third kappa shape index (κ3) is 12.2. The smallest absolute Gasteiger partial charge is 0.328 e. The maximum absolute atomic E-state index is 9.55. The molecule has 0 aliphatic heterocycles. The second-order valence-electron chi connectivity index (χ2n) is 3.15. The van der Waals surface area contributed by atoms with E-state index in [0.29, 0.717) is 12.2 Å². The van der Waals surface area contributed by atoms with E-state index in [1.54, 1.807) is 0 Å². The molecule has 0 aromatic carbocycles. The molecule has 16 heavy (non-hydrogen) atoms. The van der Waals surface area contributed by atoms with Crippen LogP contribution in [-0.2, 0) is 9.59 Å². The number of carbonyl (C=O) groups is 2. The van der Waals surface area contributed by atoms with E-state index >= 15 is 0 Å². The Labute approximate surface area is 94.6 Å². The molecule has 2 N–H and O–H groups in total. The van der Waals surface area contributed by atoms with E-state index in [0.717, 1.165) is 0 Å². The molecule has 4 nitrogen and oxygen atoms in total. The van der Waals surface area contributed by atoms with E-state index in [2.05, 4.69) is 24.3 Å². The van der Waals surface area contributed by atoms with Crippen molar-refractivity contribution in [1.82, 2.24) is 0 Å². The summed E-state index contributed by atoms with van der Waals surface area (Å²) in [5.74, 6) is -2.51. The second kappa shape index (κ2) is 9.71. The highest BCUT2D eigenvalue weighted by Gasteiger charge is 1.88. The molecule has 0 fully saturated rings. The van der Waals surface area contributed by atoms with Crippen LogP contribution in [0.3, 0.4) is 0 Å². The third-order valence-corrected chi connectivity index (χ3v) is 1.74. The number of aliphatic carboxylic acids is 2. The van der Waals surface area contributed by atoms with Gasteiger partial charge in [0.1, 0.15) is 0 Å². The first-order valence-electron chi connectivity index (χ1n) is 5.08. The first kappa shape index (κ1) is 14.2. The molecular formula is C12H16O4. The standard InChI is InChI=1S/C8H12.C4H4O4/c1-2-4-6-8-7-5-3-1;5-3(6)1-2-4(7)8/h1-4H,5-8H2;1-2H,(H,5,6)(H,7,8)/b3-1-,4-2-;2-1+. The maximum atomic E-state index is 9.55. The highest BCUT2D eigenvalue weighted by molar-refractivity contribution is 5.89. The molecule has 0 bridgehead atoms. The molecule has 0 aromatic rings. The van der Waals surface area contributed by atoms with E-state index < -0.39 is 11.9 Å². The number of carboxylic acids is 2. The fraction of sp³-hybridized carbons (Fsp3) is 0.333. The summed E-state index contributed by atoms with van der Waals surface area (Å²) in [6.07, 6.45) is 15.1. The minimum absolute atomic E-state index is 0.558. The fourth-order valence-electron chi connectivity index (χ4n) is 1.02. The van der Waals surface area contributed by atoms with Gasteiger partial charge >= 0.3 is 11.9 Å². The Hall–Kier alpha value is -1.84. The van der Waals surface area contributed by atoms with Gasteiger partial charge in [-0.2, -0.15) is 0 Å². The molecule has 0 radical (unpaired) electrons. The SMILES string of the molecule is C1=C\CCCC\C=C/1.O=C(O)/C=C/C(=O)O. The summed E-state index contributed by atoms with van der Waals surface area (Å²) in [6.45, 7) is 0. The molecule has 1 rings (SSSR count). The normalized spacial score (nSPS) is 18.8. The van der Waals surface area contributed by atoms with Gasteiger partial charge in [0, 0.05) is 12.2 Å². The van der Waals surface area contributed by atoms with Crippen molar-refractivity contribution >= 4 is 11.9 Å². The molecule has 0 aromatic heterocycles. The first-order chi connectivity index (χ1) is 7.63. The van der Waals surface area contributed by atoms with Crippen LogP contribution in [0.4, 0.5) is 0 Å². The van der Waals surface area contributed by atoms with Gasteiger partial charge in [0.2, 0.25) is 0 Å². The monoisotopic (exact) mass is 224 g/mol. The highest BCUT2D eigenvalue weighted by atomic mass is 16.4. The van der Waals surface area contributed by atoms with Crippen molar-refractivity contribution in [3.8, 4) is 0 Å². The lowest BCUT2D eigenvalue weighted by atomic mass is 10.1.